The van der Waals surface area contributed by atoms with Crippen LogP contribution in [0.25, 0.3) is 0 Å². The normalized spacial score (nSPS) is 18.9. The summed E-state index contributed by atoms with van der Waals surface area (Å²) >= 11 is 0. The molecule has 0 spiro atoms. The summed E-state index contributed by atoms with van der Waals surface area (Å²) in [5.74, 6) is -0.0949. The summed E-state index contributed by atoms with van der Waals surface area (Å²) in [6, 6.07) is 0. The zero-order valence-electron chi connectivity index (χ0n) is 3.64. The second kappa shape index (κ2) is 1.26. The molecule has 2 N–H and O–H groups in total. The molecular formula is C4H5NO2. The third-order valence-electron chi connectivity index (χ3n) is 0.741. The Morgan fingerprint density at radius 2 is 2.57 bits per heavy atom. The minimum absolute atomic E-state index is 0.116. The molecule has 3 heteroatoms. The Bertz CT molecular complexity index is 128. The zero-order valence-corrected chi connectivity index (χ0v) is 3.64. The van der Waals surface area contributed by atoms with Crippen molar-refractivity contribution in [3.63, 3.8) is 0 Å². The molecule has 0 aromatic carbocycles. The number of hydrogen-bond acceptors (Lipinski definition) is 2. The van der Waals surface area contributed by atoms with Gasteiger partial charge in [0, 0.05) is 6.08 Å². The van der Waals surface area contributed by atoms with Crippen LogP contribution >= 0.6 is 0 Å². The molecule has 1 rings (SSSR count). The highest BCUT2D eigenvalue weighted by molar-refractivity contribution is 5.90. The van der Waals surface area contributed by atoms with Crippen LogP contribution in [-0.4, -0.2) is 17.6 Å². The van der Waals surface area contributed by atoms with Crippen LogP contribution in [0.4, 0.5) is 0 Å². The average Bonchev–Trinajstić information content (AvgIpc) is 1.87. The first-order chi connectivity index (χ1) is 3.29. The first kappa shape index (κ1) is 4.18. The number of amides is 1. The van der Waals surface area contributed by atoms with Gasteiger partial charge in [0.2, 0.25) is 5.91 Å². The zero-order chi connectivity index (χ0) is 5.28. The molecule has 0 aliphatic carbocycles. The van der Waals surface area contributed by atoms with Crippen LogP contribution in [0.5, 0.6) is 0 Å². The second-order valence-corrected chi connectivity index (χ2v) is 1.35. The van der Waals surface area contributed by atoms with Gasteiger partial charge in [0.15, 0.2) is 0 Å². The second-order valence-electron chi connectivity index (χ2n) is 1.35. The van der Waals surface area contributed by atoms with Gasteiger partial charge in [0.25, 0.3) is 0 Å². The molecule has 3 nitrogen and oxygen atoms in total. The van der Waals surface area contributed by atoms with Crippen molar-refractivity contribution in [2.45, 2.75) is 0 Å². The molecule has 0 unspecified atom stereocenters. The summed E-state index contributed by atoms with van der Waals surface area (Å²) in [4.78, 5) is 10.1. The summed E-state index contributed by atoms with van der Waals surface area (Å²) in [5.41, 5.74) is 0. The van der Waals surface area contributed by atoms with Crippen LogP contribution in [0.1, 0.15) is 0 Å². The topological polar surface area (TPSA) is 49.3 Å². The standard InChI is InChI=1S/C4H5NO2/c6-3-1-4(7)5-2-3/h1,6H,2H2,(H,5,7). The Morgan fingerprint density at radius 3 is 2.71 bits per heavy atom. The van der Waals surface area contributed by atoms with Crippen molar-refractivity contribution in [2.24, 2.45) is 0 Å². The maximum Gasteiger partial charge on any atom is 0.247 e. The van der Waals surface area contributed by atoms with Crippen LogP contribution in [0, 0.1) is 0 Å². The fraction of sp³-hybridized carbons (Fsp3) is 0.250. The van der Waals surface area contributed by atoms with Crippen molar-refractivity contribution in [1.29, 1.82) is 0 Å². The summed E-state index contributed by atoms with van der Waals surface area (Å²) < 4.78 is 0. The van der Waals surface area contributed by atoms with Crippen molar-refractivity contribution >= 4 is 5.91 Å². The Balaban J connectivity index is 2.67. The quantitative estimate of drug-likeness (QED) is 0.432. The van der Waals surface area contributed by atoms with Crippen molar-refractivity contribution in [3.8, 4) is 0 Å². The van der Waals surface area contributed by atoms with E-state index in [1.54, 1.807) is 0 Å². The predicted octanol–water partition coefficient (Wildman–Crippen LogP) is -0.442. The first-order valence-electron chi connectivity index (χ1n) is 1.96. The van der Waals surface area contributed by atoms with E-state index in [-0.39, 0.29) is 11.7 Å². The number of aliphatic hydroxyl groups is 1. The third-order valence-corrected chi connectivity index (χ3v) is 0.741. The predicted molar refractivity (Wildman–Crippen MR) is 23.7 cm³/mol. The van der Waals surface area contributed by atoms with Crippen molar-refractivity contribution < 1.29 is 9.90 Å². The van der Waals surface area contributed by atoms with Crippen molar-refractivity contribution in [2.75, 3.05) is 6.54 Å². The van der Waals surface area contributed by atoms with E-state index >= 15 is 0 Å². The maximum absolute atomic E-state index is 10.1. The Kier molecular flexibility index (Phi) is 0.749. The maximum atomic E-state index is 10.1. The van der Waals surface area contributed by atoms with E-state index in [2.05, 4.69) is 5.32 Å². The van der Waals surface area contributed by atoms with E-state index in [4.69, 9.17) is 5.11 Å². The molecule has 0 radical (unpaired) electrons. The molecule has 0 aromatic heterocycles. The average molecular weight is 99.1 g/mol. The van der Waals surface area contributed by atoms with Crippen molar-refractivity contribution in [3.05, 3.63) is 11.8 Å². The van der Waals surface area contributed by atoms with E-state index in [1.807, 2.05) is 0 Å². The molecule has 1 aliphatic rings. The van der Waals surface area contributed by atoms with Crippen LogP contribution in [0.3, 0.4) is 0 Å². The highest BCUT2D eigenvalue weighted by Gasteiger charge is 2.06. The monoisotopic (exact) mass is 99.0 g/mol. The number of hydrogen-bond donors (Lipinski definition) is 2. The van der Waals surface area contributed by atoms with Crippen LogP contribution in [-0.2, 0) is 4.79 Å². The van der Waals surface area contributed by atoms with E-state index in [0.717, 1.165) is 0 Å². The molecular weight excluding hydrogens is 94.0 g/mol. The number of carbonyl (C=O) groups is 1. The van der Waals surface area contributed by atoms with Gasteiger partial charge in [-0.3, -0.25) is 4.79 Å². The number of rotatable bonds is 0. The molecule has 1 amide bonds. The minimum atomic E-state index is -0.211. The summed E-state index contributed by atoms with van der Waals surface area (Å²) in [6.45, 7) is 0.291. The fourth-order valence-electron chi connectivity index (χ4n) is 0.431. The third kappa shape index (κ3) is 0.707. The number of nitrogens with one attached hydrogen (secondary N) is 1. The number of aliphatic hydroxyl groups excluding tert-OH is 1. The molecule has 0 saturated heterocycles. The van der Waals surface area contributed by atoms with Gasteiger partial charge in [0.05, 0.1) is 6.54 Å². The molecule has 1 aliphatic heterocycles. The van der Waals surface area contributed by atoms with Gasteiger partial charge in [-0.1, -0.05) is 0 Å². The fourth-order valence-corrected chi connectivity index (χ4v) is 0.431. The summed E-state index contributed by atoms with van der Waals surface area (Å²) in [5, 5.41) is 10.9. The largest absolute Gasteiger partial charge is 0.510 e. The lowest BCUT2D eigenvalue weighted by Gasteiger charge is -1.84. The Hall–Kier alpha value is -0.990. The van der Waals surface area contributed by atoms with Crippen LogP contribution < -0.4 is 5.32 Å². The molecule has 0 aromatic rings. The van der Waals surface area contributed by atoms with Crippen LogP contribution in [0.15, 0.2) is 11.8 Å². The van der Waals surface area contributed by atoms with Crippen LogP contribution in [0.2, 0.25) is 0 Å². The molecule has 7 heavy (non-hydrogen) atoms. The van der Waals surface area contributed by atoms with E-state index in [0.29, 0.717) is 6.54 Å². The molecule has 1 heterocycles. The van der Waals surface area contributed by atoms with Crippen molar-refractivity contribution in [1.82, 2.24) is 5.32 Å². The lowest BCUT2D eigenvalue weighted by atomic mass is 10.5. The van der Waals surface area contributed by atoms with Gasteiger partial charge in [0.1, 0.15) is 5.76 Å². The van der Waals surface area contributed by atoms with E-state index < -0.39 is 0 Å². The van der Waals surface area contributed by atoms with E-state index in [9.17, 15) is 4.79 Å². The molecule has 0 saturated carbocycles. The summed E-state index contributed by atoms with van der Waals surface area (Å²) in [6.07, 6.45) is 1.17. The highest BCUT2D eigenvalue weighted by atomic mass is 16.3. The number of carbonyl (C=O) groups excluding carboxylic acids is 1. The lowest BCUT2D eigenvalue weighted by Crippen LogP contribution is -2.14. The molecule has 38 valence electrons. The highest BCUT2D eigenvalue weighted by Crippen LogP contribution is 1.91. The van der Waals surface area contributed by atoms with Gasteiger partial charge >= 0.3 is 0 Å². The van der Waals surface area contributed by atoms with Gasteiger partial charge in [-0.2, -0.15) is 0 Å². The smallest absolute Gasteiger partial charge is 0.247 e. The Labute approximate surface area is 40.6 Å². The first-order valence-corrected chi connectivity index (χ1v) is 1.96. The van der Waals surface area contributed by atoms with E-state index in [1.165, 1.54) is 6.08 Å². The summed E-state index contributed by atoms with van der Waals surface area (Å²) in [7, 11) is 0. The lowest BCUT2D eigenvalue weighted by molar-refractivity contribution is -0.115. The molecule has 0 bridgehead atoms. The minimum Gasteiger partial charge on any atom is -0.510 e. The Morgan fingerprint density at radius 1 is 1.86 bits per heavy atom. The SMILES string of the molecule is O=C1C=C(O)CN1. The van der Waals surface area contributed by atoms with Gasteiger partial charge in [-0.15, -0.1) is 0 Å². The van der Waals surface area contributed by atoms with Gasteiger partial charge < -0.3 is 10.4 Å². The molecule has 0 fully saturated rings. The molecule has 0 atom stereocenters. The van der Waals surface area contributed by atoms with Gasteiger partial charge in [-0.05, 0) is 0 Å². The van der Waals surface area contributed by atoms with Gasteiger partial charge in [-0.25, -0.2) is 0 Å².